The number of esters is 1. The Morgan fingerprint density at radius 3 is 2.38 bits per heavy atom. The van der Waals surface area contributed by atoms with Crippen molar-refractivity contribution in [1.82, 2.24) is 30.7 Å². The van der Waals surface area contributed by atoms with Crippen molar-refractivity contribution in [2.24, 2.45) is 0 Å². The van der Waals surface area contributed by atoms with Crippen LogP contribution in [-0.4, -0.2) is 119 Å². The lowest BCUT2D eigenvalue weighted by atomic mass is 9.74. The molecule has 15 heteroatoms. The first-order valence-corrected chi connectivity index (χ1v) is 18.7. The van der Waals surface area contributed by atoms with Gasteiger partial charge in [0.15, 0.2) is 0 Å². The summed E-state index contributed by atoms with van der Waals surface area (Å²) < 4.78 is 19.8. The molecule has 0 radical (unpaired) electrons. The van der Waals surface area contributed by atoms with E-state index >= 15 is 0 Å². The highest BCUT2D eigenvalue weighted by Crippen LogP contribution is 2.39. The first-order chi connectivity index (χ1) is 25.4. The Morgan fingerprint density at radius 2 is 1.72 bits per heavy atom. The molecule has 1 aromatic carbocycles. The molecule has 1 saturated carbocycles. The fourth-order valence-corrected chi connectivity index (χ4v) is 7.62. The number of hydrogen-bond donors (Lipinski definition) is 3. The molecular weight excluding hydrogens is 687 g/mol. The Bertz CT molecular complexity index is 1610. The molecule has 0 bridgehead atoms. The third-order valence-electron chi connectivity index (χ3n) is 10.9. The zero-order chi connectivity index (χ0) is 38.3. The summed E-state index contributed by atoms with van der Waals surface area (Å²) in [6.45, 7) is 3.39. The number of amides is 6. The summed E-state index contributed by atoms with van der Waals surface area (Å²) in [6, 6.07) is -0.0610. The number of benzene rings is 1. The molecule has 0 aromatic heterocycles. The van der Waals surface area contributed by atoms with E-state index in [2.05, 4.69) is 16.0 Å². The number of halogens is 1. The summed E-state index contributed by atoms with van der Waals surface area (Å²) in [6.07, 6.45) is 8.41. The summed E-state index contributed by atoms with van der Waals surface area (Å²) >= 11 is 0. The van der Waals surface area contributed by atoms with E-state index < -0.39 is 89.6 Å². The fraction of sp³-hybridized carbons (Fsp3) is 0.605. The number of nitrogens with one attached hydrogen (secondary N) is 3. The van der Waals surface area contributed by atoms with Crippen LogP contribution >= 0.6 is 0 Å². The molecule has 3 heterocycles. The van der Waals surface area contributed by atoms with Gasteiger partial charge in [-0.1, -0.05) is 38.0 Å². The van der Waals surface area contributed by atoms with Gasteiger partial charge in [-0.05, 0) is 82.1 Å². The molecule has 53 heavy (non-hydrogen) atoms. The Hall–Kier alpha value is -4.82. The van der Waals surface area contributed by atoms with Crippen LogP contribution in [0, 0.1) is 5.82 Å². The van der Waals surface area contributed by atoms with Crippen LogP contribution in [0.2, 0.25) is 0 Å². The van der Waals surface area contributed by atoms with Crippen molar-refractivity contribution >= 4 is 41.4 Å². The highest BCUT2D eigenvalue weighted by Gasteiger charge is 2.53. The zero-order valence-electron chi connectivity index (χ0n) is 30.7. The molecule has 1 aliphatic carbocycles. The van der Waals surface area contributed by atoms with Crippen LogP contribution in [0.3, 0.4) is 0 Å². The predicted molar refractivity (Wildman–Crippen MR) is 190 cm³/mol. The summed E-state index contributed by atoms with van der Waals surface area (Å²) in [5.74, 6) is -4.74. The van der Waals surface area contributed by atoms with Crippen molar-refractivity contribution in [3.8, 4) is 0 Å². The van der Waals surface area contributed by atoms with Crippen LogP contribution in [0.15, 0.2) is 36.4 Å². The van der Waals surface area contributed by atoms with Crippen LogP contribution in [0.5, 0.6) is 0 Å². The number of cyclic esters (lactones) is 1. The van der Waals surface area contributed by atoms with E-state index in [1.807, 2.05) is 6.92 Å². The molecule has 3 aliphatic heterocycles. The summed E-state index contributed by atoms with van der Waals surface area (Å²) in [4.78, 5) is 100. The van der Waals surface area contributed by atoms with E-state index in [1.54, 1.807) is 19.1 Å². The molecule has 3 saturated heterocycles. The van der Waals surface area contributed by atoms with E-state index in [9.17, 15) is 38.0 Å². The normalized spacial score (nSPS) is 25.8. The molecule has 3 N–H and O–H groups in total. The average molecular weight is 739 g/mol. The SMILES string of the molecule is CCCCC=CC(=O)NC(Cc1cccc(F)c1)C(=O)NC1COC(=O)C2CCCN2C(=O)C(C)NC(=O)C2(CCC2)N(C)C(=O)C2CCCN2C1=O. The Kier molecular flexibility index (Phi) is 12.9. The van der Waals surface area contributed by atoms with Crippen molar-refractivity contribution in [3.05, 3.63) is 47.8 Å². The molecule has 1 aromatic rings. The van der Waals surface area contributed by atoms with Crippen LogP contribution in [-0.2, 0) is 44.7 Å². The molecule has 5 unspecified atom stereocenters. The number of nitrogens with zero attached hydrogens (tertiary/aromatic N) is 3. The first kappa shape index (κ1) is 39.4. The van der Waals surface area contributed by atoms with Gasteiger partial charge in [0.1, 0.15) is 48.2 Å². The van der Waals surface area contributed by atoms with Crippen molar-refractivity contribution < 1.29 is 42.7 Å². The minimum Gasteiger partial charge on any atom is -0.461 e. The predicted octanol–water partition coefficient (Wildman–Crippen LogP) is 1.51. The number of allylic oxidation sites excluding steroid dienone is 1. The maximum Gasteiger partial charge on any atom is 0.328 e. The van der Waals surface area contributed by atoms with Crippen LogP contribution in [0.25, 0.3) is 0 Å². The second-order valence-electron chi connectivity index (χ2n) is 14.5. The lowest BCUT2D eigenvalue weighted by molar-refractivity contribution is -0.161. The van der Waals surface area contributed by atoms with E-state index in [0.29, 0.717) is 56.9 Å². The van der Waals surface area contributed by atoms with Crippen molar-refractivity contribution in [3.63, 3.8) is 0 Å². The largest absolute Gasteiger partial charge is 0.461 e. The molecule has 288 valence electrons. The van der Waals surface area contributed by atoms with E-state index in [0.717, 1.165) is 12.8 Å². The van der Waals surface area contributed by atoms with Gasteiger partial charge >= 0.3 is 5.97 Å². The lowest BCUT2D eigenvalue weighted by Crippen LogP contribution is -2.67. The second-order valence-corrected chi connectivity index (χ2v) is 14.5. The smallest absolute Gasteiger partial charge is 0.328 e. The second kappa shape index (κ2) is 17.3. The lowest BCUT2D eigenvalue weighted by Gasteiger charge is -2.48. The fourth-order valence-electron chi connectivity index (χ4n) is 7.62. The third-order valence-corrected chi connectivity index (χ3v) is 10.9. The first-order valence-electron chi connectivity index (χ1n) is 18.7. The van der Waals surface area contributed by atoms with Crippen molar-refractivity contribution in [1.29, 1.82) is 0 Å². The van der Waals surface area contributed by atoms with Crippen molar-refractivity contribution in [2.45, 2.75) is 120 Å². The van der Waals surface area contributed by atoms with Gasteiger partial charge in [0.25, 0.3) is 0 Å². The van der Waals surface area contributed by atoms with Gasteiger partial charge in [-0.15, -0.1) is 0 Å². The maximum atomic E-state index is 14.4. The van der Waals surface area contributed by atoms with Gasteiger partial charge < -0.3 is 35.4 Å². The molecule has 1 spiro atoms. The van der Waals surface area contributed by atoms with Gasteiger partial charge in [0, 0.05) is 26.6 Å². The number of unbranched alkanes of at least 4 members (excludes halogenated alkanes) is 2. The number of carbonyl (C=O) groups excluding carboxylic acids is 7. The quantitative estimate of drug-likeness (QED) is 0.194. The van der Waals surface area contributed by atoms with Crippen LogP contribution in [0.4, 0.5) is 4.39 Å². The molecule has 14 nitrogen and oxygen atoms in total. The number of carbonyl (C=O) groups is 7. The highest BCUT2D eigenvalue weighted by atomic mass is 19.1. The van der Waals surface area contributed by atoms with Gasteiger partial charge in [0.05, 0.1) is 0 Å². The number of rotatable bonds is 9. The maximum absolute atomic E-state index is 14.4. The minimum absolute atomic E-state index is 0.115. The zero-order valence-corrected chi connectivity index (χ0v) is 30.7. The topological polar surface area (TPSA) is 175 Å². The van der Waals surface area contributed by atoms with Gasteiger partial charge in [-0.3, -0.25) is 28.8 Å². The van der Waals surface area contributed by atoms with E-state index in [-0.39, 0.29) is 19.5 Å². The highest BCUT2D eigenvalue weighted by molar-refractivity contribution is 5.99. The molecule has 4 fully saturated rings. The number of likely N-dealkylation sites (N-methyl/N-ethyl adjacent to an activating group) is 1. The Labute approximate surface area is 309 Å². The standard InChI is InChI=1S/C38H51FN6O8/c1-4-5-6-7-16-31(46)41-27(22-25-12-8-13-26(39)21-25)32(47)42-28-23-53-36(51)30-15-10-20-45(30)33(48)24(2)40-37(52)38(17-11-18-38)43(3)35(50)29-14-9-19-44(29)34(28)49/h7-8,12-13,16,21,24,27-30H,4-6,9-11,14-15,17-20,22-23H2,1-3H3,(H,40,52)(H,41,46)(H,42,47). The molecule has 5 rings (SSSR count). The summed E-state index contributed by atoms with van der Waals surface area (Å²) in [7, 11) is 1.53. The van der Waals surface area contributed by atoms with Gasteiger partial charge in [-0.25, -0.2) is 9.18 Å². The monoisotopic (exact) mass is 738 g/mol. The van der Waals surface area contributed by atoms with Gasteiger partial charge in [-0.2, -0.15) is 0 Å². The summed E-state index contributed by atoms with van der Waals surface area (Å²) in [5.41, 5.74) is -0.789. The Morgan fingerprint density at radius 1 is 1.02 bits per heavy atom. The van der Waals surface area contributed by atoms with Crippen LogP contribution in [0.1, 0.15) is 83.6 Å². The minimum atomic E-state index is -1.48. The molecule has 5 atom stereocenters. The number of fused-ring (bicyclic) bond motifs is 2. The molecule has 4 aliphatic rings. The van der Waals surface area contributed by atoms with Crippen molar-refractivity contribution in [2.75, 3.05) is 26.7 Å². The summed E-state index contributed by atoms with van der Waals surface area (Å²) in [5, 5.41) is 8.10. The number of ether oxygens (including phenoxy) is 1. The van der Waals surface area contributed by atoms with Crippen LogP contribution < -0.4 is 16.0 Å². The molecule has 6 amide bonds. The van der Waals surface area contributed by atoms with E-state index in [1.165, 1.54) is 46.0 Å². The van der Waals surface area contributed by atoms with E-state index in [4.69, 9.17) is 4.74 Å². The third kappa shape index (κ3) is 8.87. The Balaban J connectivity index is 1.45. The van der Waals surface area contributed by atoms with Gasteiger partial charge in [0.2, 0.25) is 35.4 Å². The molecular formula is C38H51FN6O8. The average Bonchev–Trinajstić information content (AvgIpc) is 3.80. The number of hydrogen-bond acceptors (Lipinski definition) is 8.